The second-order valence-corrected chi connectivity index (χ2v) is 17.8. The molecule has 4 aliphatic rings. The summed E-state index contributed by atoms with van der Waals surface area (Å²) in [6.07, 6.45) is -2.83. The van der Waals surface area contributed by atoms with Gasteiger partial charge in [-0.15, -0.1) is 0 Å². The topological polar surface area (TPSA) is 264 Å². The summed E-state index contributed by atoms with van der Waals surface area (Å²) in [5, 5.41) is 79.0. The van der Waals surface area contributed by atoms with Gasteiger partial charge in [0.25, 0.3) is 0 Å². The number of esters is 1. The number of hydrogen-bond acceptors (Lipinski definition) is 15. The third kappa shape index (κ3) is 9.07. The van der Waals surface area contributed by atoms with Crippen molar-refractivity contribution in [1.82, 2.24) is 0 Å². The number of aromatic hydroxyl groups is 1. The Morgan fingerprint density at radius 2 is 1.66 bits per heavy atom. The number of aldehydes is 1. The average molecular weight is 916 g/mol. The Labute approximate surface area is 386 Å². The van der Waals surface area contributed by atoms with Crippen molar-refractivity contribution in [2.75, 3.05) is 0 Å². The van der Waals surface area contributed by atoms with Crippen molar-refractivity contribution in [1.29, 1.82) is 0 Å². The first kappa shape index (κ1) is 47.4. The summed E-state index contributed by atoms with van der Waals surface area (Å²) in [4.78, 5) is 56.5. The van der Waals surface area contributed by atoms with Crippen molar-refractivity contribution in [2.24, 2.45) is 5.73 Å². The summed E-state index contributed by atoms with van der Waals surface area (Å²) in [6.45, 7) is 1.78. The van der Waals surface area contributed by atoms with Crippen molar-refractivity contribution in [2.45, 2.75) is 127 Å². The van der Waals surface area contributed by atoms with Gasteiger partial charge in [0.1, 0.15) is 35.6 Å². The molecule has 15 heteroatoms. The van der Waals surface area contributed by atoms with E-state index in [0.717, 1.165) is 25.3 Å². The van der Waals surface area contributed by atoms with E-state index in [1.54, 1.807) is 36.4 Å². The highest BCUT2D eigenvalue weighted by molar-refractivity contribution is 6.32. The lowest BCUT2D eigenvalue weighted by molar-refractivity contribution is -0.268. The Morgan fingerprint density at radius 3 is 2.37 bits per heavy atom. The molecule has 2 fully saturated rings. The minimum atomic E-state index is -1.90. The van der Waals surface area contributed by atoms with Crippen LogP contribution < -0.4 is 15.2 Å². The maximum absolute atomic E-state index is 15.6. The van der Waals surface area contributed by atoms with Crippen molar-refractivity contribution >= 4 is 36.0 Å². The molecule has 4 aromatic rings. The number of carbonyl (C=O) groups is 4. The van der Waals surface area contributed by atoms with E-state index in [9.17, 15) is 45.3 Å². The maximum Gasteiger partial charge on any atom is 0.308 e. The van der Waals surface area contributed by atoms with Gasteiger partial charge in [-0.05, 0) is 79.0 Å². The molecule has 1 heterocycles. The number of aliphatic hydroxyl groups is 6. The van der Waals surface area contributed by atoms with Crippen LogP contribution in [0.4, 0.5) is 0 Å². The Kier molecular flexibility index (Phi) is 13.6. The van der Waals surface area contributed by atoms with Gasteiger partial charge in [0.15, 0.2) is 17.9 Å². The number of fused-ring (bicyclic) bond motifs is 2. The molecule has 9 N–H and O–H groups in total. The molecule has 0 amide bonds. The smallest absolute Gasteiger partial charge is 0.308 e. The molecule has 4 aromatic carbocycles. The highest BCUT2D eigenvalue weighted by Gasteiger charge is 2.46. The molecule has 1 saturated heterocycles. The molecule has 3 aliphatic carbocycles. The van der Waals surface area contributed by atoms with Gasteiger partial charge in [0.05, 0.1) is 36.0 Å². The fraction of sp³-hybridized carbons (Fsp3) is 0.385. The minimum Gasteiger partial charge on any atom is -0.507 e. The Balaban J connectivity index is 1.44. The van der Waals surface area contributed by atoms with E-state index in [0.29, 0.717) is 30.3 Å². The Hall–Kier alpha value is -6.06. The number of benzene rings is 4. The normalized spacial score (nSPS) is 24.5. The van der Waals surface area contributed by atoms with E-state index in [1.165, 1.54) is 19.1 Å². The van der Waals surface area contributed by atoms with Crippen LogP contribution in [0, 0.1) is 11.8 Å². The predicted molar refractivity (Wildman–Crippen MR) is 242 cm³/mol. The summed E-state index contributed by atoms with van der Waals surface area (Å²) in [5.41, 5.74) is 5.51. The highest BCUT2D eigenvalue weighted by atomic mass is 16.7. The number of rotatable bonds is 8. The largest absolute Gasteiger partial charge is 0.507 e. The first-order valence-electron chi connectivity index (χ1n) is 22.4. The molecule has 0 spiro atoms. The molecule has 8 rings (SSSR count). The van der Waals surface area contributed by atoms with Gasteiger partial charge in [-0.2, -0.15) is 0 Å². The van der Waals surface area contributed by atoms with Crippen LogP contribution in [0.3, 0.4) is 0 Å². The highest BCUT2D eigenvalue weighted by Crippen LogP contribution is 2.49. The van der Waals surface area contributed by atoms with Gasteiger partial charge >= 0.3 is 5.97 Å². The van der Waals surface area contributed by atoms with Crippen LogP contribution >= 0.6 is 0 Å². The monoisotopic (exact) mass is 915 g/mol. The summed E-state index contributed by atoms with van der Waals surface area (Å²) in [6, 6.07) is 12.6. The van der Waals surface area contributed by atoms with E-state index in [4.69, 9.17) is 19.9 Å². The van der Waals surface area contributed by atoms with E-state index < -0.39 is 95.9 Å². The first-order chi connectivity index (χ1) is 32.0. The average Bonchev–Trinajstić information content (AvgIpc) is 3.75. The zero-order valence-corrected chi connectivity index (χ0v) is 37.0. The molecule has 1 saturated carbocycles. The molecule has 350 valence electrons. The third-order valence-electron chi connectivity index (χ3n) is 13.3. The van der Waals surface area contributed by atoms with E-state index in [2.05, 4.69) is 11.8 Å². The lowest BCUT2D eigenvalue weighted by atomic mass is 9.75. The second-order valence-electron chi connectivity index (χ2n) is 17.8. The van der Waals surface area contributed by atoms with Crippen molar-refractivity contribution in [3.8, 4) is 29.1 Å². The van der Waals surface area contributed by atoms with E-state index >= 15 is 9.59 Å². The van der Waals surface area contributed by atoms with Crippen molar-refractivity contribution < 1.29 is 69.1 Å². The van der Waals surface area contributed by atoms with Crippen LogP contribution in [-0.2, 0) is 41.0 Å². The standard InChI is InChI=1S/C52H53NO14/c1-26-44(58)48(62)49(63)51(65-26)67-50-35-12-7-11-32(53)15-16-33(57)21-29-9-5-8-28(20-29)14-17-34-39(66-27(2)56)23-31(24-54)40-41(34)47(61)42(35)43(46(40)60)45(59)36(50)22-30-10-6-13-38(37(30)25-55)52(64)18-3-4-19-52/h5-6,8-10,13-14,17,20,23,25-26,32-33,44,48-49,51,54,57-59,62-64H,3-4,12,15-16,18-19,21-22,24,53H2,1-2H3. The number of phenolic OH excluding ortho intramolecular Hbond substituents is 1. The lowest BCUT2D eigenvalue weighted by Gasteiger charge is -2.39. The molecule has 4 bridgehead atoms. The van der Waals surface area contributed by atoms with Crippen LogP contribution in [0.1, 0.15) is 139 Å². The van der Waals surface area contributed by atoms with Crippen molar-refractivity contribution in [3.05, 3.63) is 121 Å². The van der Waals surface area contributed by atoms with Crippen LogP contribution in [0.15, 0.2) is 48.5 Å². The number of aliphatic hydroxyl groups excluding tert-OH is 5. The van der Waals surface area contributed by atoms with Crippen LogP contribution in [0.2, 0.25) is 0 Å². The Bertz CT molecular complexity index is 2740. The van der Waals surface area contributed by atoms with Crippen molar-refractivity contribution in [3.63, 3.8) is 0 Å². The number of hydrogen-bond donors (Lipinski definition) is 8. The lowest BCUT2D eigenvalue weighted by Crippen LogP contribution is -2.58. The minimum absolute atomic E-state index is 0.0164. The molecular formula is C52H53NO14. The van der Waals surface area contributed by atoms with Gasteiger partial charge in [-0.3, -0.25) is 19.2 Å². The number of carbonyl (C=O) groups excluding carboxylic acids is 4. The molecular weight excluding hydrogens is 863 g/mol. The number of nitrogens with two attached hydrogens (primary N) is 1. The quantitative estimate of drug-likeness (QED) is 0.0478. The van der Waals surface area contributed by atoms with E-state index in [-0.39, 0.29) is 81.7 Å². The molecule has 7 atom stereocenters. The summed E-state index contributed by atoms with van der Waals surface area (Å²) >= 11 is 0. The molecule has 7 unspecified atom stereocenters. The third-order valence-corrected chi connectivity index (χ3v) is 13.3. The second kappa shape index (κ2) is 19.3. The van der Waals surface area contributed by atoms with Crippen LogP contribution in [0.5, 0.6) is 17.2 Å². The molecule has 67 heavy (non-hydrogen) atoms. The predicted octanol–water partition coefficient (Wildman–Crippen LogP) is 3.70. The molecule has 15 nitrogen and oxygen atoms in total. The molecule has 0 radical (unpaired) electrons. The summed E-state index contributed by atoms with van der Waals surface area (Å²) in [5.74, 6) is 2.18. The van der Waals surface area contributed by atoms with Gasteiger partial charge < -0.3 is 55.7 Å². The summed E-state index contributed by atoms with van der Waals surface area (Å²) < 4.78 is 18.0. The first-order valence-corrected chi connectivity index (χ1v) is 22.4. The maximum atomic E-state index is 15.6. The fourth-order valence-electron chi connectivity index (χ4n) is 9.82. The molecule has 0 aromatic heterocycles. The molecule has 1 aliphatic heterocycles. The zero-order valence-electron chi connectivity index (χ0n) is 37.0. The number of ether oxygens (including phenoxy) is 3. The summed E-state index contributed by atoms with van der Waals surface area (Å²) in [7, 11) is 0. The Morgan fingerprint density at radius 1 is 0.925 bits per heavy atom. The van der Waals surface area contributed by atoms with Gasteiger partial charge in [0.2, 0.25) is 6.29 Å². The van der Waals surface area contributed by atoms with Crippen LogP contribution in [0.25, 0.3) is 12.2 Å². The fourth-order valence-corrected chi connectivity index (χ4v) is 9.82. The van der Waals surface area contributed by atoms with Gasteiger partial charge in [-0.25, -0.2) is 0 Å². The van der Waals surface area contributed by atoms with Gasteiger partial charge in [0, 0.05) is 58.7 Å². The van der Waals surface area contributed by atoms with Crippen LogP contribution in [-0.4, -0.2) is 102 Å². The number of ketones is 2. The SMILES string of the molecule is CC(=O)Oc1cc(CO)c2c3c1C=Cc1cccc(c1)CC(O)CCC(N)C#CCc1c(OC4OC(C)C(O)C(O)C4O)c(Cc4cccc(C5(O)CCCC5)c4C=O)c(O)c(c1C3=O)C2=O. The van der Waals surface area contributed by atoms with Gasteiger partial charge in [-0.1, -0.05) is 73.2 Å². The van der Waals surface area contributed by atoms with E-state index in [1.807, 2.05) is 12.1 Å². The zero-order chi connectivity index (χ0) is 47.9. The number of phenols is 1.